The molecule has 1 aromatic heterocycles. The highest BCUT2D eigenvalue weighted by atomic mass is 16.6. The van der Waals surface area contributed by atoms with Gasteiger partial charge in [-0.05, 0) is 69.5 Å². The van der Waals surface area contributed by atoms with E-state index in [1.54, 1.807) is 20.8 Å². The van der Waals surface area contributed by atoms with Gasteiger partial charge in [0.2, 0.25) is 5.91 Å². The summed E-state index contributed by atoms with van der Waals surface area (Å²) in [6, 6.07) is 14.7. The number of fused-ring (bicyclic) bond motifs is 1. The Morgan fingerprint density at radius 2 is 1.80 bits per heavy atom. The van der Waals surface area contributed by atoms with Crippen molar-refractivity contribution >= 4 is 34.3 Å². The first-order chi connectivity index (χ1) is 16.7. The van der Waals surface area contributed by atoms with Crippen LogP contribution in [0.3, 0.4) is 0 Å². The fourth-order valence-corrected chi connectivity index (χ4v) is 4.29. The zero-order valence-corrected chi connectivity index (χ0v) is 20.5. The molecule has 0 spiro atoms. The maximum Gasteiger partial charge on any atom is 0.408 e. The molecule has 4 N–H and O–H groups in total. The Kier molecular flexibility index (Phi) is 7.31. The van der Waals surface area contributed by atoms with Crippen molar-refractivity contribution in [2.24, 2.45) is 0 Å². The highest BCUT2D eigenvalue weighted by molar-refractivity contribution is 5.97. The van der Waals surface area contributed by atoms with Gasteiger partial charge in [0.05, 0.1) is 6.10 Å². The van der Waals surface area contributed by atoms with Crippen molar-refractivity contribution in [3.63, 3.8) is 0 Å². The number of piperidine rings is 1. The summed E-state index contributed by atoms with van der Waals surface area (Å²) in [4.78, 5) is 31.2. The van der Waals surface area contributed by atoms with E-state index in [-0.39, 0.29) is 12.0 Å². The van der Waals surface area contributed by atoms with Crippen molar-refractivity contribution in [1.82, 2.24) is 10.3 Å². The number of carbonyl (C=O) groups excluding carboxylic acids is 2. The van der Waals surface area contributed by atoms with E-state index in [0.29, 0.717) is 12.1 Å². The summed E-state index contributed by atoms with van der Waals surface area (Å²) in [6.07, 6.45) is 2.82. The number of para-hydroxylation sites is 1. The smallest absolute Gasteiger partial charge is 0.408 e. The molecule has 1 saturated heterocycles. The van der Waals surface area contributed by atoms with Gasteiger partial charge in [-0.15, -0.1) is 0 Å². The zero-order valence-electron chi connectivity index (χ0n) is 20.5. The highest BCUT2D eigenvalue weighted by Crippen LogP contribution is 2.23. The molecule has 8 heteroatoms. The van der Waals surface area contributed by atoms with Gasteiger partial charge >= 0.3 is 6.09 Å². The molecule has 2 aromatic carbocycles. The number of aliphatic hydroxyl groups is 1. The number of alkyl carbamates (subject to hydrolysis) is 1. The Morgan fingerprint density at radius 3 is 2.49 bits per heavy atom. The number of ether oxygens (including phenoxy) is 1. The van der Waals surface area contributed by atoms with Crippen LogP contribution in [-0.4, -0.2) is 52.9 Å². The second-order valence-corrected chi connectivity index (χ2v) is 10.0. The maximum atomic E-state index is 13.3. The van der Waals surface area contributed by atoms with E-state index in [2.05, 4.69) is 20.5 Å². The van der Waals surface area contributed by atoms with E-state index in [0.717, 1.165) is 48.1 Å². The lowest BCUT2D eigenvalue weighted by Crippen LogP contribution is -2.47. The van der Waals surface area contributed by atoms with E-state index >= 15 is 0 Å². The van der Waals surface area contributed by atoms with E-state index in [9.17, 15) is 14.7 Å². The fourth-order valence-electron chi connectivity index (χ4n) is 4.29. The number of nitrogens with one attached hydrogen (secondary N) is 3. The second-order valence-electron chi connectivity index (χ2n) is 10.0. The van der Waals surface area contributed by atoms with Gasteiger partial charge in [0, 0.05) is 48.0 Å². The molecule has 1 atom stereocenters. The lowest BCUT2D eigenvalue weighted by molar-refractivity contribution is -0.118. The van der Waals surface area contributed by atoms with Crippen molar-refractivity contribution in [3.8, 4) is 0 Å². The Bertz CT molecular complexity index is 1160. The topological polar surface area (TPSA) is 107 Å². The average molecular weight is 479 g/mol. The van der Waals surface area contributed by atoms with Gasteiger partial charge in [0.15, 0.2) is 0 Å². The Balaban J connectivity index is 1.47. The minimum absolute atomic E-state index is 0.226. The molecule has 8 nitrogen and oxygen atoms in total. The lowest BCUT2D eigenvalue weighted by Gasteiger charge is -2.31. The molecule has 0 bridgehead atoms. The van der Waals surface area contributed by atoms with E-state index in [4.69, 9.17) is 4.74 Å². The van der Waals surface area contributed by atoms with Crippen molar-refractivity contribution in [2.45, 2.75) is 57.8 Å². The molecule has 1 fully saturated rings. The Labute approximate surface area is 205 Å². The second kappa shape index (κ2) is 10.4. The number of H-pyrrole nitrogens is 1. The SMILES string of the molecule is CC(C)(C)OC(=O)N[C@@H](Cc1c[nH]c2ccccc12)C(=O)Nc1ccc(N2CCC(O)CC2)cc1. The monoisotopic (exact) mass is 478 g/mol. The van der Waals surface area contributed by atoms with Crippen molar-refractivity contribution in [3.05, 3.63) is 60.3 Å². The summed E-state index contributed by atoms with van der Waals surface area (Å²) in [5, 5.41) is 16.4. The molecule has 3 aromatic rings. The molecule has 1 aliphatic heterocycles. The van der Waals surface area contributed by atoms with Crippen LogP contribution in [0.4, 0.5) is 16.2 Å². The molecule has 4 rings (SSSR count). The van der Waals surface area contributed by atoms with Crippen LogP contribution in [0.2, 0.25) is 0 Å². The molecule has 0 unspecified atom stereocenters. The zero-order chi connectivity index (χ0) is 25.0. The molecular formula is C27H34N4O4. The third-order valence-corrected chi connectivity index (χ3v) is 6.07. The average Bonchev–Trinajstić information content (AvgIpc) is 3.21. The minimum atomic E-state index is -0.827. The number of aromatic amines is 1. The Hall–Kier alpha value is -3.52. The number of anilines is 2. The van der Waals surface area contributed by atoms with Gasteiger partial charge in [0.1, 0.15) is 11.6 Å². The maximum absolute atomic E-state index is 13.3. The van der Waals surface area contributed by atoms with Crippen LogP contribution in [0.5, 0.6) is 0 Å². The van der Waals surface area contributed by atoms with Crippen molar-refractivity contribution < 1.29 is 19.4 Å². The van der Waals surface area contributed by atoms with Crippen LogP contribution in [0.15, 0.2) is 54.7 Å². The van der Waals surface area contributed by atoms with Gasteiger partial charge in [-0.2, -0.15) is 0 Å². The number of amides is 2. The standard InChI is InChI=1S/C27H34N4O4/c1-27(2,3)35-26(34)30-24(16-18-17-28-23-7-5-4-6-22(18)23)25(33)29-19-8-10-20(11-9-19)31-14-12-21(32)13-15-31/h4-11,17,21,24,28,32H,12-16H2,1-3H3,(H,29,33)(H,30,34)/t24-/m0/s1. The first kappa shape index (κ1) is 24.6. The first-order valence-electron chi connectivity index (χ1n) is 12.1. The van der Waals surface area contributed by atoms with Gasteiger partial charge < -0.3 is 30.4 Å². The summed E-state index contributed by atoms with van der Waals surface area (Å²) in [5.41, 5.74) is 2.92. The molecule has 2 heterocycles. The number of aliphatic hydroxyl groups excluding tert-OH is 1. The van der Waals surface area contributed by atoms with E-state index in [1.165, 1.54) is 0 Å². The fraction of sp³-hybridized carbons (Fsp3) is 0.407. The number of hydrogen-bond acceptors (Lipinski definition) is 5. The van der Waals surface area contributed by atoms with Crippen LogP contribution in [0.1, 0.15) is 39.2 Å². The molecule has 0 aliphatic carbocycles. The molecule has 186 valence electrons. The number of nitrogens with zero attached hydrogens (tertiary/aromatic N) is 1. The molecule has 2 amide bonds. The largest absolute Gasteiger partial charge is 0.444 e. The summed E-state index contributed by atoms with van der Waals surface area (Å²) in [5.74, 6) is -0.324. The summed E-state index contributed by atoms with van der Waals surface area (Å²) >= 11 is 0. The molecule has 0 radical (unpaired) electrons. The third-order valence-electron chi connectivity index (χ3n) is 6.07. The number of aromatic nitrogens is 1. The van der Waals surface area contributed by atoms with Gasteiger partial charge in [-0.3, -0.25) is 4.79 Å². The molecule has 1 aliphatic rings. The van der Waals surface area contributed by atoms with E-state index < -0.39 is 17.7 Å². The predicted molar refractivity (Wildman–Crippen MR) is 138 cm³/mol. The van der Waals surface area contributed by atoms with Gasteiger partial charge in [0.25, 0.3) is 0 Å². The first-order valence-corrected chi connectivity index (χ1v) is 12.1. The quantitative estimate of drug-likeness (QED) is 0.425. The lowest BCUT2D eigenvalue weighted by atomic mass is 10.0. The normalized spacial score (nSPS) is 15.6. The van der Waals surface area contributed by atoms with Crippen molar-refractivity contribution in [1.29, 1.82) is 0 Å². The highest BCUT2D eigenvalue weighted by Gasteiger charge is 2.26. The third kappa shape index (κ3) is 6.54. The number of benzene rings is 2. The molecule has 0 saturated carbocycles. The summed E-state index contributed by atoms with van der Waals surface area (Å²) < 4.78 is 5.40. The minimum Gasteiger partial charge on any atom is -0.444 e. The van der Waals surface area contributed by atoms with Crippen molar-refractivity contribution in [2.75, 3.05) is 23.3 Å². The van der Waals surface area contributed by atoms with Crippen LogP contribution >= 0.6 is 0 Å². The summed E-state index contributed by atoms with van der Waals surface area (Å²) in [6.45, 7) is 6.96. The van der Waals surface area contributed by atoms with E-state index in [1.807, 2.05) is 54.7 Å². The predicted octanol–water partition coefficient (Wildman–Crippen LogP) is 4.20. The van der Waals surface area contributed by atoms with Crippen LogP contribution in [-0.2, 0) is 16.0 Å². The summed E-state index contributed by atoms with van der Waals surface area (Å²) in [7, 11) is 0. The van der Waals surface area contributed by atoms with Gasteiger partial charge in [-0.25, -0.2) is 4.79 Å². The van der Waals surface area contributed by atoms with Gasteiger partial charge in [-0.1, -0.05) is 18.2 Å². The van der Waals surface area contributed by atoms with Crippen LogP contribution in [0, 0.1) is 0 Å². The number of carbonyl (C=O) groups is 2. The number of rotatable bonds is 6. The Morgan fingerprint density at radius 1 is 1.11 bits per heavy atom. The number of hydrogen-bond donors (Lipinski definition) is 4. The molecule has 35 heavy (non-hydrogen) atoms. The molecular weight excluding hydrogens is 444 g/mol. The van der Waals surface area contributed by atoms with Crippen LogP contribution < -0.4 is 15.5 Å². The van der Waals surface area contributed by atoms with Crippen LogP contribution in [0.25, 0.3) is 10.9 Å².